The molecular weight excluding hydrogens is 411 g/mol. The highest BCUT2D eigenvalue weighted by molar-refractivity contribution is 6.15. The molecule has 1 aliphatic heterocycles. The second-order valence-electron chi connectivity index (χ2n) is 7.48. The predicted molar refractivity (Wildman–Crippen MR) is 114 cm³/mol. The lowest BCUT2D eigenvalue weighted by molar-refractivity contribution is -0.130. The lowest BCUT2D eigenvalue weighted by Crippen LogP contribution is -2.30. The van der Waals surface area contributed by atoms with E-state index in [1.807, 2.05) is 12.1 Å². The van der Waals surface area contributed by atoms with Crippen LogP contribution in [0.3, 0.4) is 0 Å². The molecule has 1 unspecified atom stereocenters. The van der Waals surface area contributed by atoms with E-state index in [0.29, 0.717) is 16.7 Å². The molecule has 32 heavy (non-hydrogen) atoms. The Balaban J connectivity index is 1.58. The number of furan rings is 1. The van der Waals surface area contributed by atoms with Crippen LogP contribution in [0, 0.1) is 5.82 Å². The summed E-state index contributed by atoms with van der Waals surface area (Å²) in [7, 11) is 0. The lowest BCUT2D eigenvalue weighted by Gasteiger charge is -2.26. The second kappa shape index (κ2) is 7.77. The van der Waals surface area contributed by atoms with Crippen LogP contribution in [0.25, 0.3) is 11.0 Å². The van der Waals surface area contributed by atoms with Gasteiger partial charge in [-0.1, -0.05) is 30.3 Å². The lowest BCUT2D eigenvalue weighted by atomic mass is 9.95. The SMILES string of the molecule is O=C(C1=C(O)C(=O)N(Cc2ccc(F)cc2)C1c1ccncc1)c1cc2ccccc2o1. The standard InChI is InChI=1S/C25H17FN2O4/c26-18-7-5-15(6-8-18)14-28-22(16-9-11-27-12-10-16)21(24(30)25(28)31)23(29)20-13-17-3-1-2-4-19(17)32-20/h1-13,22,30H,14H2. The van der Waals surface area contributed by atoms with Crippen molar-refractivity contribution in [3.05, 3.63) is 113 Å². The molecule has 0 fully saturated rings. The minimum absolute atomic E-state index is 0.0308. The van der Waals surface area contributed by atoms with Crippen molar-refractivity contribution in [2.75, 3.05) is 0 Å². The monoisotopic (exact) mass is 428 g/mol. The van der Waals surface area contributed by atoms with Crippen molar-refractivity contribution in [2.24, 2.45) is 0 Å². The minimum Gasteiger partial charge on any atom is -0.503 e. The first-order valence-corrected chi connectivity index (χ1v) is 9.94. The van der Waals surface area contributed by atoms with Crippen LogP contribution in [0.5, 0.6) is 0 Å². The number of benzene rings is 2. The van der Waals surface area contributed by atoms with Gasteiger partial charge in [-0.15, -0.1) is 0 Å². The Morgan fingerprint density at radius 2 is 1.78 bits per heavy atom. The smallest absolute Gasteiger partial charge is 0.290 e. The van der Waals surface area contributed by atoms with E-state index in [9.17, 15) is 19.1 Å². The van der Waals surface area contributed by atoms with Crippen molar-refractivity contribution >= 4 is 22.7 Å². The van der Waals surface area contributed by atoms with Crippen LogP contribution in [0.4, 0.5) is 4.39 Å². The van der Waals surface area contributed by atoms with Gasteiger partial charge in [-0.25, -0.2) is 4.39 Å². The van der Waals surface area contributed by atoms with Crippen molar-refractivity contribution in [1.29, 1.82) is 0 Å². The van der Waals surface area contributed by atoms with Crippen LogP contribution in [0.2, 0.25) is 0 Å². The number of halogens is 1. The molecule has 1 amide bonds. The molecule has 158 valence electrons. The molecule has 1 N–H and O–H groups in total. The molecular formula is C25H17FN2O4. The molecule has 2 aromatic carbocycles. The van der Waals surface area contributed by atoms with Gasteiger partial charge in [0.05, 0.1) is 11.6 Å². The number of hydrogen-bond donors (Lipinski definition) is 1. The van der Waals surface area contributed by atoms with Crippen LogP contribution in [-0.4, -0.2) is 26.7 Å². The fraction of sp³-hybridized carbons (Fsp3) is 0.0800. The highest BCUT2D eigenvalue weighted by atomic mass is 19.1. The van der Waals surface area contributed by atoms with Gasteiger partial charge in [-0.3, -0.25) is 14.6 Å². The van der Waals surface area contributed by atoms with E-state index in [1.165, 1.54) is 17.0 Å². The highest BCUT2D eigenvalue weighted by Crippen LogP contribution is 2.40. The summed E-state index contributed by atoms with van der Waals surface area (Å²) >= 11 is 0. The number of carbonyl (C=O) groups is 2. The van der Waals surface area contributed by atoms with Crippen LogP contribution < -0.4 is 0 Å². The summed E-state index contributed by atoms with van der Waals surface area (Å²) < 4.78 is 19.0. The van der Waals surface area contributed by atoms with Crippen molar-refractivity contribution in [2.45, 2.75) is 12.6 Å². The number of Topliss-reactive ketones (excluding diaryl/α,β-unsaturated/α-hetero) is 1. The third-order valence-corrected chi connectivity index (χ3v) is 5.49. The summed E-state index contributed by atoms with van der Waals surface area (Å²) in [5.41, 5.74) is 1.73. The number of aliphatic hydroxyl groups is 1. The first-order valence-electron chi connectivity index (χ1n) is 9.94. The van der Waals surface area contributed by atoms with E-state index in [1.54, 1.807) is 54.9 Å². The van der Waals surface area contributed by atoms with Crippen molar-refractivity contribution in [3.63, 3.8) is 0 Å². The molecule has 1 atom stereocenters. The molecule has 0 saturated carbocycles. The third kappa shape index (κ3) is 3.33. The average molecular weight is 428 g/mol. The van der Waals surface area contributed by atoms with Crippen LogP contribution in [-0.2, 0) is 11.3 Å². The van der Waals surface area contributed by atoms with Crippen LogP contribution in [0.15, 0.2) is 94.9 Å². The number of nitrogens with zero attached hydrogens (tertiary/aromatic N) is 2. The number of fused-ring (bicyclic) bond motifs is 1. The van der Waals surface area contributed by atoms with Gasteiger partial charge in [0.1, 0.15) is 11.4 Å². The quantitative estimate of drug-likeness (QED) is 0.464. The zero-order valence-corrected chi connectivity index (χ0v) is 16.7. The molecule has 2 aromatic heterocycles. The normalized spacial score (nSPS) is 16.2. The Bertz CT molecular complexity index is 1330. The molecule has 0 spiro atoms. The summed E-state index contributed by atoms with van der Waals surface area (Å²) in [4.78, 5) is 31.9. The van der Waals surface area contributed by atoms with Gasteiger partial charge >= 0.3 is 0 Å². The second-order valence-corrected chi connectivity index (χ2v) is 7.48. The molecule has 4 aromatic rings. The number of ketones is 1. The largest absolute Gasteiger partial charge is 0.503 e. The van der Waals surface area contributed by atoms with E-state index < -0.39 is 29.3 Å². The fourth-order valence-corrected chi connectivity index (χ4v) is 3.95. The molecule has 7 heteroatoms. The van der Waals surface area contributed by atoms with Crippen molar-refractivity contribution in [1.82, 2.24) is 9.88 Å². The Kier molecular flexibility index (Phi) is 4.78. The Morgan fingerprint density at radius 3 is 2.50 bits per heavy atom. The van der Waals surface area contributed by atoms with Gasteiger partial charge < -0.3 is 14.4 Å². The van der Waals surface area contributed by atoms with Gasteiger partial charge in [0.2, 0.25) is 5.78 Å². The van der Waals surface area contributed by atoms with E-state index in [2.05, 4.69) is 4.98 Å². The number of aromatic nitrogens is 1. The van der Waals surface area contributed by atoms with Crippen molar-refractivity contribution in [3.8, 4) is 0 Å². The number of aliphatic hydroxyl groups excluding tert-OH is 1. The van der Waals surface area contributed by atoms with Crippen LogP contribution in [0.1, 0.15) is 27.7 Å². The van der Waals surface area contributed by atoms with Gasteiger partial charge in [0.25, 0.3) is 5.91 Å². The van der Waals surface area contributed by atoms with Crippen molar-refractivity contribution < 1.29 is 23.5 Å². The summed E-state index contributed by atoms with van der Waals surface area (Å²) in [6.07, 6.45) is 3.10. The molecule has 0 aliphatic carbocycles. The number of carbonyl (C=O) groups excluding carboxylic acids is 2. The molecule has 6 nitrogen and oxygen atoms in total. The summed E-state index contributed by atoms with van der Waals surface area (Å²) in [6.45, 7) is 0.0765. The highest BCUT2D eigenvalue weighted by Gasteiger charge is 2.44. The Hall–Kier alpha value is -4.26. The number of pyridine rings is 1. The third-order valence-electron chi connectivity index (χ3n) is 5.49. The topological polar surface area (TPSA) is 83.6 Å². The van der Waals surface area contributed by atoms with Gasteiger partial charge in [-0.05, 0) is 47.5 Å². The molecule has 5 rings (SSSR count). The van der Waals surface area contributed by atoms with E-state index >= 15 is 0 Å². The maximum absolute atomic E-state index is 13.4. The van der Waals surface area contributed by atoms with Gasteiger partial charge in [0.15, 0.2) is 11.5 Å². The number of para-hydroxylation sites is 1. The molecule has 3 heterocycles. The fourth-order valence-electron chi connectivity index (χ4n) is 3.95. The first kappa shape index (κ1) is 19.7. The van der Waals surface area contributed by atoms with E-state index in [0.717, 1.165) is 5.39 Å². The Labute approximate surface area is 182 Å². The predicted octanol–water partition coefficient (Wildman–Crippen LogP) is 4.75. The number of amides is 1. The maximum atomic E-state index is 13.4. The number of hydrogen-bond acceptors (Lipinski definition) is 5. The zero-order valence-electron chi connectivity index (χ0n) is 16.7. The zero-order chi connectivity index (χ0) is 22.2. The van der Waals surface area contributed by atoms with Gasteiger partial charge in [-0.2, -0.15) is 0 Å². The molecule has 1 aliphatic rings. The summed E-state index contributed by atoms with van der Waals surface area (Å²) in [5, 5.41) is 11.5. The van der Waals surface area contributed by atoms with E-state index in [-0.39, 0.29) is 17.9 Å². The van der Waals surface area contributed by atoms with E-state index in [4.69, 9.17) is 4.42 Å². The molecule has 0 radical (unpaired) electrons. The number of rotatable bonds is 5. The summed E-state index contributed by atoms with van der Waals surface area (Å²) in [6, 6.07) is 17.0. The van der Waals surface area contributed by atoms with Gasteiger partial charge in [0, 0.05) is 24.3 Å². The average Bonchev–Trinajstić information content (AvgIpc) is 3.35. The Morgan fingerprint density at radius 1 is 1.06 bits per heavy atom. The molecule has 0 saturated heterocycles. The maximum Gasteiger partial charge on any atom is 0.290 e. The first-order chi connectivity index (χ1) is 15.5. The summed E-state index contributed by atoms with van der Waals surface area (Å²) in [5.74, 6) is -2.25. The van der Waals surface area contributed by atoms with Crippen LogP contribution >= 0.6 is 0 Å². The molecule has 0 bridgehead atoms. The minimum atomic E-state index is -0.851.